The highest BCUT2D eigenvalue weighted by molar-refractivity contribution is 7.98. The molecular weight excluding hydrogens is 324 g/mol. The fourth-order valence-corrected chi connectivity index (χ4v) is 3.72. The smallest absolute Gasteiger partial charge is 0.209 e. The van der Waals surface area contributed by atoms with Gasteiger partial charge in [-0.2, -0.15) is 0 Å². The van der Waals surface area contributed by atoms with E-state index in [1.807, 2.05) is 30.4 Å². The number of nitrogens with zero attached hydrogens (tertiary/aromatic N) is 3. The van der Waals surface area contributed by atoms with Crippen molar-refractivity contribution in [3.63, 3.8) is 0 Å². The van der Waals surface area contributed by atoms with Gasteiger partial charge in [-0.25, -0.2) is 9.97 Å². The third kappa shape index (κ3) is 4.77. The van der Waals surface area contributed by atoms with Crippen LogP contribution in [0, 0.1) is 0 Å². The molecule has 0 spiro atoms. The summed E-state index contributed by atoms with van der Waals surface area (Å²) in [5.41, 5.74) is 2.25. The Balaban J connectivity index is 1.55. The molecule has 1 aromatic carbocycles. The Hall–Kier alpha value is -1.92. The van der Waals surface area contributed by atoms with Gasteiger partial charge >= 0.3 is 0 Å². The van der Waals surface area contributed by atoms with Crippen LogP contribution in [0.15, 0.2) is 40.9 Å². The maximum absolute atomic E-state index is 4.62. The molecule has 0 aliphatic rings. The number of aromatic nitrogens is 4. The Labute approximate surface area is 144 Å². The molecule has 23 heavy (non-hydrogen) atoms. The summed E-state index contributed by atoms with van der Waals surface area (Å²) < 4.78 is 0. The summed E-state index contributed by atoms with van der Waals surface area (Å²) in [7, 11) is 0. The van der Waals surface area contributed by atoms with E-state index in [9.17, 15) is 0 Å². The lowest BCUT2D eigenvalue weighted by atomic mass is 10.2. The molecule has 118 valence electrons. The molecule has 0 saturated carbocycles. The fourth-order valence-electron chi connectivity index (χ4n) is 2.02. The highest BCUT2D eigenvalue weighted by Crippen LogP contribution is 2.21. The monoisotopic (exact) mass is 342 g/mol. The normalized spacial score (nSPS) is 11.3. The highest BCUT2D eigenvalue weighted by atomic mass is 32.2. The first-order valence-corrected chi connectivity index (χ1v) is 9.41. The van der Waals surface area contributed by atoms with Gasteiger partial charge in [-0.3, -0.25) is 5.10 Å². The minimum absolute atomic E-state index is 0.753. The molecule has 1 N–H and O–H groups in total. The van der Waals surface area contributed by atoms with Crippen LogP contribution in [0.25, 0.3) is 12.2 Å². The zero-order chi connectivity index (χ0) is 15.9. The molecule has 0 bridgehead atoms. The summed E-state index contributed by atoms with van der Waals surface area (Å²) in [4.78, 5) is 9.08. The molecule has 0 radical (unpaired) electrons. The standard InChI is InChI=1S/C17H18N4S2/c1-2-6-16-18-14(11-22-16)12-23-17-19-15(20-21-17)10-9-13-7-4-3-5-8-13/h3-5,7-11H,2,6,12H2,1H3,(H,19,20,21). The van der Waals surface area contributed by atoms with Crippen LogP contribution in [0.4, 0.5) is 0 Å². The fraction of sp³-hybridized carbons (Fsp3) is 0.235. The molecule has 0 saturated heterocycles. The van der Waals surface area contributed by atoms with Gasteiger partial charge in [-0.05, 0) is 24.5 Å². The second kappa shape index (κ2) is 8.08. The van der Waals surface area contributed by atoms with Crippen molar-refractivity contribution in [2.24, 2.45) is 0 Å². The van der Waals surface area contributed by atoms with Gasteiger partial charge in [0.25, 0.3) is 0 Å². The van der Waals surface area contributed by atoms with Crippen LogP contribution in [0.3, 0.4) is 0 Å². The molecule has 2 aromatic heterocycles. The van der Waals surface area contributed by atoms with Crippen LogP contribution in [0.5, 0.6) is 0 Å². The van der Waals surface area contributed by atoms with E-state index in [0.29, 0.717) is 0 Å². The number of hydrogen-bond donors (Lipinski definition) is 1. The van der Waals surface area contributed by atoms with Gasteiger partial charge in [0.1, 0.15) is 5.82 Å². The van der Waals surface area contributed by atoms with Gasteiger partial charge in [0, 0.05) is 11.1 Å². The first kappa shape index (κ1) is 16.0. The predicted molar refractivity (Wildman–Crippen MR) is 97.4 cm³/mol. The second-order valence-corrected chi connectivity index (χ2v) is 6.90. The topological polar surface area (TPSA) is 54.5 Å². The number of rotatable bonds is 7. The molecule has 3 aromatic rings. The third-order valence-corrected chi connectivity index (χ3v) is 4.97. The van der Waals surface area contributed by atoms with E-state index >= 15 is 0 Å². The van der Waals surface area contributed by atoms with Gasteiger partial charge in [-0.1, -0.05) is 55.1 Å². The van der Waals surface area contributed by atoms with Crippen molar-refractivity contribution >= 4 is 35.3 Å². The van der Waals surface area contributed by atoms with Gasteiger partial charge < -0.3 is 0 Å². The van der Waals surface area contributed by atoms with Crippen molar-refractivity contribution in [1.82, 2.24) is 20.2 Å². The summed E-state index contributed by atoms with van der Waals surface area (Å²) in [6, 6.07) is 10.1. The number of aromatic amines is 1. The van der Waals surface area contributed by atoms with Crippen molar-refractivity contribution in [1.29, 1.82) is 0 Å². The Kier molecular flexibility index (Phi) is 5.60. The number of thiazole rings is 1. The lowest BCUT2D eigenvalue weighted by Crippen LogP contribution is -1.85. The maximum atomic E-state index is 4.62. The Bertz CT molecular complexity index is 762. The molecule has 0 aliphatic heterocycles. The lowest BCUT2D eigenvalue weighted by molar-refractivity contribution is 0.901. The van der Waals surface area contributed by atoms with E-state index in [-0.39, 0.29) is 0 Å². The van der Waals surface area contributed by atoms with E-state index in [1.165, 1.54) is 5.01 Å². The molecule has 0 amide bonds. The summed E-state index contributed by atoms with van der Waals surface area (Å²) in [6.07, 6.45) is 6.16. The number of hydrogen-bond acceptors (Lipinski definition) is 5. The molecule has 4 nitrogen and oxygen atoms in total. The first-order valence-electron chi connectivity index (χ1n) is 7.55. The SMILES string of the molecule is CCCc1nc(CSc2n[nH]c(C=Cc3ccccc3)n2)cs1. The zero-order valence-corrected chi connectivity index (χ0v) is 14.5. The molecule has 0 unspecified atom stereocenters. The Morgan fingerprint density at radius 3 is 2.87 bits per heavy atom. The van der Waals surface area contributed by atoms with Crippen LogP contribution in [-0.2, 0) is 12.2 Å². The average molecular weight is 342 g/mol. The van der Waals surface area contributed by atoms with Crippen LogP contribution in [0.1, 0.15) is 35.4 Å². The second-order valence-electron chi connectivity index (χ2n) is 5.02. The summed E-state index contributed by atoms with van der Waals surface area (Å²) >= 11 is 3.34. The van der Waals surface area contributed by atoms with Crippen molar-refractivity contribution in [3.05, 3.63) is 57.8 Å². The van der Waals surface area contributed by atoms with Gasteiger partial charge in [0.05, 0.1) is 10.7 Å². The number of aryl methyl sites for hydroxylation is 1. The van der Waals surface area contributed by atoms with Crippen molar-refractivity contribution in [2.45, 2.75) is 30.7 Å². The van der Waals surface area contributed by atoms with E-state index in [4.69, 9.17) is 0 Å². The molecule has 6 heteroatoms. The van der Waals surface area contributed by atoms with Crippen molar-refractivity contribution < 1.29 is 0 Å². The van der Waals surface area contributed by atoms with Gasteiger partial charge in [-0.15, -0.1) is 16.4 Å². The van der Waals surface area contributed by atoms with Crippen LogP contribution < -0.4 is 0 Å². The Morgan fingerprint density at radius 1 is 1.17 bits per heavy atom. The quantitative estimate of drug-likeness (QED) is 0.634. The summed E-state index contributed by atoms with van der Waals surface area (Å²) in [5.74, 6) is 1.57. The number of H-pyrrole nitrogens is 1. The maximum Gasteiger partial charge on any atom is 0.209 e. The Morgan fingerprint density at radius 2 is 2.04 bits per heavy atom. The van der Waals surface area contributed by atoms with E-state index in [2.05, 4.69) is 44.6 Å². The van der Waals surface area contributed by atoms with Gasteiger partial charge in [0.15, 0.2) is 0 Å². The van der Waals surface area contributed by atoms with E-state index in [0.717, 1.165) is 40.8 Å². The van der Waals surface area contributed by atoms with Crippen LogP contribution >= 0.6 is 23.1 Å². The van der Waals surface area contributed by atoms with Crippen molar-refractivity contribution in [2.75, 3.05) is 0 Å². The van der Waals surface area contributed by atoms with E-state index < -0.39 is 0 Å². The molecule has 0 aliphatic carbocycles. The molecule has 3 rings (SSSR count). The van der Waals surface area contributed by atoms with Crippen molar-refractivity contribution in [3.8, 4) is 0 Å². The predicted octanol–water partition coefficient (Wildman–Crippen LogP) is 4.68. The van der Waals surface area contributed by atoms with Crippen LogP contribution in [-0.4, -0.2) is 20.2 Å². The number of thioether (sulfide) groups is 1. The average Bonchev–Trinajstić information content (AvgIpc) is 3.22. The minimum Gasteiger partial charge on any atom is -0.259 e. The summed E-state index contributed by atoms with van der Waals surface area (Å²) in [6.45, 7) is 2.17. The van der Waals surface area contributed by atoms with E-state index in [1.54, 1.807) is 23.1 Å². The molecule has 2 heterocycles. The van der Waals surface area contributed by atoms with Gasteiger partial charge in [0.2, 0.25) is 5.16 Å². The van der Waals surface area contributed by atoms with Crippen LogP contribution in [0.2, 0.25) is 0 Å². The number of benzene rings is 1. The zero-order valence-electron chi connectivity index (χ0n) is 12.9. The number of nitrogens with one attached hydrogen (secondary N) is 1. The highest BCUT2D eigenvalue weighted by Gasteiger charge is 2.05. The molecular formula is C17H18N4S2. The summed E-state index contributed by atoms with van der Waals surface area (Å²) in [5, 5.41) is 11.3. The minimum atomic E-state index is 0.753. The lowest BCUT2D eigenvalue weighted by Gasteiger charge is -1.92. The molecule has 0 fully saturated rings. The largest absolute Gasteiger partial charge is 0.259 e. The molecule has 0 atom stereocenters. The first-order chi connectivity index (χ1) is 11.3. The third-order valence-electron chi connectivity index (χ3n) is 3.13.